The molecule has 0 aliphatic carbocycles. The summed E-state index contributed by atoms with van der Waals surface area (Å²) in [4.78, 5) is 10.4. The third-order valence-electron chi connectivity index (χ3n) is 1.27. The highest BCUT2D eigenvalue weighted by Crippen LogP contribution is 1.93. The molecule has 3 heteroatoms. The van der Waals surface area contributed by atoms with E-state index >= 15 is 0 Å². The molecule has 2 nitrogen and oxygen atoms in total. The molecule has 0 N–H and O–H groups in total. The van der Waals surface area contributed by atoms with E-state index in [-0.39, 0.29) is 5.78 Å². The molecule has 0 bridgehead atoms. The van der Waals surface area contributed by atoms with E-state index in [0.717, 1.165) is 19.4 Å². The molecular formula is C8H15ClO2. The van der Waals surface area contributed by atoms with Gasteiger partial charge in [-0.3, -0.25) is 4.79 Å². The van der Waals surface area contributed by atoms with Gasteiger partial charge in [-0.15, -0.1) is 11.6 Å². The van der Waals surface area contributed by atoms with Crippen LogP contribution in [0.5, 0.6) is 0 Å². The van der Waals surface area contributed by atoms with Crippen molar-refractivity contribution in [1.82, 2.24) is 0 Å². The van der Waals surface area contributed by atoms with Gasteiger partial charge in [0, 0.05) is 18.9 Å². The molecule has 0 saturated heterocycles. The molecule has 0 amide bonds. The first kappa shape index (κ1) is 10.9. The minimum Gasteiger partial charge on any atom is -0.381 e. The Morgan fingerprint density at radius 2 is 2.09 bits per heavy atom. The fourth-order valence-corrected chi connectivity index (χ4v) is 0.806. The van der Waals surface area contributed by atoms with Gasteiger partial charge in [-0.2, -0.15) is 0 Å². The molecule has 0 fully saturated rings. The number of halogens is 1. The Morgan fingerprint density at radius 3 is 2.64 bits per heavy atom. The molecule has 0 aliphatic heterocycles. The van der Waals surface area contributed by atoms with E-state index < -0.39 is 0 Å². The number of unbranched alkanes of at least 4 members (excludes halogenated alkanes) is 1. The van der Waals surface area contributed by atoms with E-state index in [2.05, 4.69) is 0 Å². The average Bonchev–Trinajstić information content (AvgIpc) is 1.96. The molecule has 0 saturated carbocycles. The summed E-state index contributed by atoms with van der Waals surface area (Å²) in [6.45, 7) is 2.85. The Bertz CT molecular complexity index is 104. The number of ketones is 1. The van der Waals surface area contributed by atoms with E-state index in [1.54, 1.807) is 6.92 Å². The Balaban J connectivity index is 2.85. The number of rotatable bonds is 7. The number of alkyl halides is 1. The largest absolute Gasteiger partial charge is 0.381 e. The predicted octanol–water partition coefficient (Wildman–Crippen LogP) is 2.00. The maximum absolute atomic E-state index is 10.4. The van der Waals surface area contributed by atoms with Crippen LogP contribution in [0.3, 0.4) is 0 Å². The van der Waals surface area contributed by atoms with Gasteiger partial charge in [0.15, 0.2) is 0 Å². The van der Waals surface area contributed by atoms with E-state index in [9.17, 15) is 4.79 Å². The number of carbonyl (C=O) groups is 1. The lowest BCUT2D eigenvalue weighted by Crippen LogP contribution is -2.01. The Kier molecular flexibility index (Phi) is 7.96. The molecule has 11 heavy (non-hydrogen) atoms. The SMILES string of the molecule is CC(=O)CCOCCCCCl. The molecule has 0 spiro atoms. The van der Waals surface area contributed by atoms with E-state index in [4.69, 9.17) is 16.3 Å². The second-order valence-electron chi connectivity index (χ2n) is 2.46. The average molecular weight is 179 g/mol. The highest BCUT2D eigenvalue weighted by Gasteiger charge is 1.92. The number of Topliss-reactive ketones (excluding diaryl/α,β-unsaturated/α-hetero) is 1. The van der Waals surface area contributed by atoms with Crippen LogP contribution in [0.1, 0.15) is 26.2 Å². The number of hydrogen-bond donors (Lipinski definition) is 0. The smallest absolute Gasteiger partial charge is 0.132 e. The van der Waals surface area contributed by atoms with Crippen molar-refractivity contribution in [2.45, 2.75) is 26.2 Å². The molecule has 0 rings (SSSR count). The first-order valence-electron chi connectivity index (χ1n) is 3.90. The van der Waals surface area contributed by atoms with Crippen LogP contribution >= 0.6 is 11.6 Å². The van der Waals surface area contributed by atoms with Crippen molar-refractivity contribution in [2.75, 3.05) is 19.1 Å². The molecule has 0 atom stereocenters. The van der Waals surface area contributed by atoms with Crippen LogP contribution in [0.25, 0.3) is 0 Å². The fourth-order valence-electron chi connectivity index (χ4n) is 0.617. The van der Waals surface area contributed by atoms with Gasteiger partial charge in [0.05, 0.1) is 6.61 Å². The molecule has 0 radical (unpaired) electrons. The Labute approximate surface area is 72.9 Å². The van der Waals surface area contributed by atoms with Crippen molar-refractivity contribution in [3.8, 4) is 0 Å². The minimum atomic E-state index is 0.183. The summed E-state index contributed by atoms with van der Waals surface area (Å²) in [6.07, 6.45) is 2.50. The zero-order valence-corrected chi connectivity index (χ0v) is 7.69. The molecule has 0 unspecified atom stereocenters. The lowest BCUT2D eigenvalue weighted by molar-refractivity contribution is -0.118. The van der Waals surface area contributed by atoms with Crippen LogP contribution in [0.2, 0.25) is 0 Å². The van der Waals surface area contributed by atoms with Gasteiger partial charge in [-0.05, 0) is 19.8 Å². The van der Waals surface area contributed by atoms with Gasteiger partial charge in [-0.1, -0.05) is 0 Å². The van der Waals surface area contributed by atoms with Crippen molar-refractivity contribution < 1.29 is 9.53 Å². The zero-order valence-electron chi connectivity index (χ0n) is 6.94. The van der Waals surface area contributed by atoms with Crippen LogP contribution in [-0.4, -0.2) is 24.9 Å². The lowest BCUT2D eigenvalue weighted by atomic mass is 10.3. The molecule has 66 valence electrons. The monoisotopic (exact) mass is 178 g/mol. The highest BCUT2D eigenvalue weighted by atomic mass is 35.5. The van der Waals surface area contributed by atoms with Gasteiger partial charge < -0.3 is 4.74 Å². The normalized spacial score (nSPS) is 10.0. The zero-order chi connectivity index (χ0) is 8.53. The summed E-state index contributed by atoms with van der Waals surface area (Å²) in [5, 5.41) is 0. The predicted molar refractivity (Wildman–Crippen MR) is 46.1 cm³/mol. The first-order valence-corrected chi connectivity index (χ1v) is 4.44. The first-order chi connectivity index (χ1) is 5.27. The molecule has 0 aromatic carbocycles. The van der Waals surface area contributed by atoms with Crippen molar-refractivity contribution in [3.63, 3.8) is 0 Å². The topological polar surface area (TPSA) is 26.3 Å². The summed E-state index contributed by atoms with van der Waals surface area (Å²) < 4.78 is 5.17. The van der Waals surface area contributed by atoms with Crippen molar-refractivity contribution >= 4 is 17.4 Å². The molecule has 0 heterocycles. The lowest BCUT2D eigenvalue weighted by Gasteiger charge is -2.00. The van der Waals surface area contributed by atoms with Crippen molar-refractivity contribution in [2.24, 2.45) is 0 Å². The highest BCUT2D eigenvalue weighted by molar-refractivity contribution is 6.17. The number of ether oxygens (including phenoxy) is 1. The standard InChI is InChI=1S/C8H15ClO2/c1-8(10)4-7-11-6-3-2-5-9/h2-7H2,1H3. The van der Waals surface area contributed by atoms with Crippen LogP contribution in [0.4, 0.5) is 0 Å². The van der Waals surface area contributed by atoms with Crippen LogP contribution in [0, 0.1) is 0 Å². The van der Waals surface area contributed by atoms with E-state index in [1.165, 1.54) is 0 Å². The summed E-state index contributed by atoms with van der Waals surface area (Å²) >= 11 is 5.46. The summed E-state index contributed by atoms with van der Waals surface area (Å²) in [5.41, 5.74) is 0. The summed E-state index contributed by atoms with van der Waals surface area (Å²) in [6, 6.07) is 0. The van der Waals surface area contributed by atoms with Gasteiger partial charge >= 0.3 is 0 Å². The van der Waals surface area contributed by atoms with Gasteiger partial charge in [0.2, 0.25) is 0 Å². The van der Waals surface area contributed by atoms with Gasteiger partial charge in [0.25, 0.3) is 0 Å². The molecule has 0 aromatic rings. The third kappa shape index (κ3) is 9.92. The maximum Gasteiger partial charge on any atom is 0.132 e. The van der Waals surface area contributed by atoms with E-state index in [1.807, 2.05) is 0 Å². The quantitative estimate of drug-likeness (QED) is 0.440. The fraction of sp³-hybridized carbons (Fsp3) is 0.875. The van der Waals surface area contributed by atoms with Crippen LogP contribution < -0.4 is 0 Å². The van der Waals surface area contributed by atoms with Crippen LogP contribution in [-0.2, 0) is 9.53 Å². The van der Waals surface area contributed by atoms with E-state index in [0.29, 0.717) is 18.9 Å². The van der Waals surface area contributed by atoms with Gasteiger partial charge in [-0.25, -0.2) is 0 Å². The molecule has 0 aliphatic rings. The maximum atomic E-state index is 10.4. The second-order valence-corrected chi connectivity index (χ2v) is 2.84. The Morgan fingerprint density at radius 1 is 1.36 bits per heavy atom. The molecular weight excluding hydrogens is 164 g/mol. The number of hydrogen-bond acceptors (Lipinski definition) is 2. The van der Waals surface area contributed by atoms with Crippen molar-refractivity contribution in [1.29, 1.82) is 0 Å². The Hall–Kier alpha value is -0.0800. The minimum absolute atomic E-state index is 0.183. The summed E-state index contributed by atoms with van der Waals surface area (Å²) in [5.74, 6) is 0.873. The summed E-state index contributed by atoms with van der Waals surface area (Å²) in [7, 11) is 0. The second kappa shape index (κ2) is 8.02. The van der Waals surface area contributed by atoms with Crippen LogP contribution in [0.15, 0.2) is 0 Å². The molecule has 0 aromatic heterocycles. The third-order valence-corrected chi connectivity index (χ3v) is 1.54. The van der Waals surface area contributed by atoms with Crippen molar-refractivity contribution in [3.05, 3.63) is 0 Å². The number of carbonyl (C=O) groups excluding carboxylic acids is 1. The van der Waals surface area contributed by atoms with Gasteiger partial charge in [0.1, 0.15) is 5.78 Å².